The van der Waals surface area contributed by atoms with Gasteiger partial charge in [-0.1, -0.05) is 0 Å². The van der Waals surface area contributed by atoms with Gasteiger partial charge >= 0.3 is 0 Å². The lowest BCUT2D eigenvalue weighted by molar-refractivity contribution is 0.0761. The van der Waals surface area contributed by atoms with Gasteiger partial charge < -0.3 is 10.2 Å². The van der Waals surface area contributed by atoms with E-state index in [1.165, 1.54) is 39.0 Å². The van der Waals surface area contributed by atoms with Gasteiger partial charge in [0.15, 0.2) is 0 Å². The summed E-state index contributed by atoms with van der Waals surface area (Å²) in [4.78, 5) is 16.1. The Morgan fingerprint density at radius 3 is 2.53 bits per heavy atom. The first kappa shape index (κ1) is 15.5. The maximum atomic E-state index is 11.0. The van der Waals surface area contributed by atoms with Crippen molar-refractivity contribution >= 4 is 26.5 Å². The number of nitrogens with one attached hydrogen (secondary N) is 1. The Labute approximate surface area is 130 Å². The summed E-state index contributed by atoms with van der Waals surface area (Å²) in [5.74, 6) is 0.827. The fourth-order valence-electron chi connectivity index (χ4n) is 3.43. The van der Waals surface area contributed by atoms with Gasteiger partial charge in [-0.2, -0.15) is 0 Å². The summed E-state index contributed by atoms with van der Waals surface area (Å²) < 4.78 is 0.0914. The molecule has 0 bridgehead atoms. The smallest absolute Gasteiger partial charge is 0.280 e. The molecule has 1 saturated heterocycles. The van der Waals surface area contributed by atoms with Crippen LogP contribution >= 0.6 is 22.6 Å². The van der Waals surface area contributed by atoms with Gasteiger partial charge in [0.2, 0.25) is 0 Å². The van der Waals surface area contributed by atoms with Gasteiger partial charge in [-0.25, -0.2) is 0 Å². The van der Waals surface area contributed by atoms with E-state index < -0.39 is 0 Å². The van der Waals surface area contributed by atoms with Gasteiger partial charge in [0.05, 0.1) is 0 Å². The number of hydrogen-bond acceptors (Lipinski definition) is 3. The minimum absolute atomic E-state index is 0.0914. The second kappa shape index (κ2) is 7.22. The van der Waals surface area contributed by atoms with E-state index >= 15 is 0 Å². The maximum Gasteiger partial charge on any atom is 0.280 e. The van der Waals surface area contributed by atoms with Crippen LogP contribution in [0.1, 0.15) is 32.6 Å². The minimum Gasteiger partial charge on any atom is -0.345 e. The molecule has 2 aliphatic rings. The number of rotatable bonds is 3. The number of carbonyl (C=O) groups is 1. The van der Waals surface area contributed by atoms with Crippen LogP contribution in [-0.4, -0.2) is 59.0 Å². The standard InChI is InChI=1S/C14H26IN3O/c1-11-9-17(2)7-8-18(11)10-12-3-5-13(6-4-12)16-14(15)19/h11-13H,3-10H2,1-2H3,(H,16,19)/t11-,12-,13-/m1/s1. The number of hydrogen-bond donors (Lipinski definition) is 1. The molecule has 0 unspecified atom stereocenters. The van der Waals surface area contributed by atoms with Gasteiger partial charge in [0, 0.05) is 60.9 Å². The van der Waals surface area contributed by atoms with E-state index in [2.05, 4.69) is 29.1 Å². The van der Waals surface area contributed by atoms with Crippen LogP contribution in [0, 0.1) is 5.92 Å². The van der Waals surface area contributed by atoms with E-state index in [0.29, 0.717) is 12.1 Å². The number of amides is 1. The molecule has 0 spiro atoms. The van der Waals surface area contributed by atoms with Crippen LogP contribution in [0.25, 0.3) is 0 Å². The monoisotopic (exact) mass is 379 g/mol. The number of piperazine rings is 1. The highest BCUT2D eigenvalue weighted by Crippen LogP contribution is 2.26. The van der Waals surface area contributed by atoms with Crippen molar-refractivity contribution in [2.24, 2.45) is 5.92 Å². The first-order valence-corrected chi connectivity index (χ1v) is 8.51. The summed E-state index contributed by atoms with van der Waals surface area (Å²) in [5.41, 5.74) is 0. The molecule has 0 radical (unpaired) electrons. The summed E-state index contributed by atoms with van der Waals surface area (Å²) in [5, 5.41) is 3.05. The fraction of sp³-hybridized carbons (Fsp3) is 0.929. The van der Waals surface area contributed by atoms with Crippen molar-refractivity contribution in [3.63, 3.8) is 0 Å². The van der Waals surface area contributed by atoms with E-state index in [9.17, 15) is 4.79 Å². The average molecular weight is 379 g/mol. The highest BCUT2D eigenvalue weighted by atomic mass is 127. The molecule has 4 nitrogen and oxygen atoms in total. The summed E-state index contributed by atoms with van der Waals surface area (Å²) in [6.07, 6.45) is 4.84. The van der Waals surface area contributed by atoms with E-state index in [4.69, 9.17) is 0 Å². The molecule has 110 valence electrons. The predicted molar refractivity (Wildman–Crippen MR) is 86.8 cm³/mol. The second-order valence-corrected chi connectivity index (χ2v) is 7.22. The third-order valence-corrected chi connectivity index (χ3v) is 4.94. The van der Waals surface area contributed by atoms with Gasteiger partial charge in [-0.3, -0.25) is 9.69 Å². The molecule has 1 aliphatic heterocycles. The van der Waals surface area contributed by atoms with Crippen molar-refractivity contribution in [2.45, 2.75) is 44.7 Å². The topological polar surface area (TPSA) is 35.6 Å². The molecule has 0 aromatic carbocycles. The first-order valence-electron chi connectivity index (χ1n) is 7.43. The van der Waals surface area contributed by atoms with Crippen LogP contribution in [0.15, 0.2) is 0 Å². The van der Waals surface area contributed by atoms with E-state index in [1.54, 1.807) is 0 Å². The first-order chi connectivity index (χ1) is 9.04. The van der Waals surface area contributed by atoms with Crippen molar-refractivity contribution in [2.75, 3.05) is 33.2 Å². The highest BCUT2D eigenvalue weighted by molar-refractivity contribution is 14.1. The van der Waals surface area contributed by atoms with Crippen molar-refractivity contribution in [1.82, 2.24) is 15.1 Å². The fourth-order valence-corrected chi connectivity index (χ4v) is 3.87. The Balaban J connectivity index is 1.72. The van der Waals surface area contributed by atoms with Crippen molar-refractivity contribution < 1.29 is 4.79 Å². The summed E-state index contributed by atoms with van der Waals surface area (Å²) in [6, 6.07) is 1.11. The molecular formula is C14H26IN3O. The number of nitrogens with zero attached hydrogens (tertiary/aromatic N) is 2. The Morgan fingerprint density at radius 2 is 1.95 bits per heavy atom. The number of carbonyl (C=O) groups excluding carboxylic acids is 1. The average Bonchev–Trinajstić information content (AvgIpc) is 2.34. The van der Waals surface area contributed by atoms with Gasteiger partial charge in [0.1, 0.15) is 0 Å². The van der Waals surface area contributed by atoms with Crippen molar-refractivity contribution in [3.8, 4) is 0 Å². The van der Waals surface area contributed by atoms with Gasteiger partial charge in [0.25, 0.3) is 3.91 Å². The van der Waals surface area contributed by atoms with Crippen molar-refractivity contribution in [3.05, 3.63) is 0 Å². The van der Waals surface area contributed by atoms with Crippen LogP contribution in [0.5, 0.6) is 0 Å². The van der Waals surface area contributed by atoms with E-state index in [0.717, 1.165) is 18.8 Å². The molecule has 1 saturated carbocycles. The lowest BCUT2D eigenvalue weighted by Gasteiger charge is -2.41. The molecule has 1 amide bonds. The zero-order valence-electron chi connectivity index (χ0n) is 12.1. The van der Waals surface area contributed by atoms with Crippen LogP contribution in [0.2, 0.25) is 0 Å². The van der Waals surface area contributed by atoms with Crippen LogP contribution in [0.3, 0.4) is 0 Å². The number of halogens is 1. The molecule has 2 rings (SSSR count). The molecule has 1 heterocycles. The minimum atomic E-state index is 0.0914. The quantitative estimate of drug-likeness (QED) is 0.465. The molecule has 5 heteroatoms. The van der Waals surface area contributed by atoms with Crippen molar-refractivity contribution in [1.29, 1.82) is 0 Å². The Morgan fingerprint density at radius 1 is 1.26 bits per heavy atom. The summed E-state index contributed by atoms with van der Waals surface area (Å²) in [7, 11) is 2.21. The maximum absolute atomic E-state index is 11.0. The lowest BCUT2D eigenvalue weighted by Crippen LogP contribution is -2.52. The molecule has 1 N–H and O–H groups in total. The zero-order valence-corrected chi connectivity index (χ0v) is 14.2. The van der Waals surface area contributed by atoms with E-state index in [1.807, 2.05) is 22.6 Å². The lowest BCUT2D eigenvalue weighted by atomic mass is 9.85. The van der Waals surface area contributed by atoms with Crippen LogP contribution in [0.4, 0.5) is 4.79 Å². The molecule has 0 aromatic heterocycles. The Hall–Kier alpha value is 0.120. The predicted octanol–water partition coefficient (Wildman–Crippen LogP) is 2.33. The zero-order chi connectivity index (χ0) is 13.8. The largest absolute Gasteiger partial charge is 0.345 e. The molecule has 19 heavy (non-hydrogen) atoms. The molecule has 1 atom stereocenters. The Bertz CT molecular complexity index is 305. The molecule has 0 aromatic rings. The molecule has 2 fully saturated rings. The highest BCUT2D eigenvalue weighted by Gasteiger charge is 2.27. The summed E-state index contributed by atoms with van der Waals surface area (Å²) >= 11 is 1.84. The van der Waals surface area contributed by atoms with Gasteiger partial charge in [-0.05, 0) is 45.6 Å². The second-order valence-electron chi connectivity index (χ2n) is 6.24. The Kier molecular flexibility index (Phi) is 5.89. The SMILES string of the molecule is C[C@@H]1CN(C)CCN1C[C@H]1CC[C@H](NC(=O)I)CC1. The van der Waals surface area contributed by atoms with E-state index in [-0.39, 0.29) is 3.91 Å². The third-order valence-electron chi connectivity index (χ3n) is 4.63. The third kappa shape index (κ3) is 4.86. The molecular weight excluding hydrogens is 353 g/mol. The molecule has 1 aliphatic carbocycles. The van der Waals surface area contributed by atoms with Crippen LogP contribution < -0.4 is 5.32 Å². The number of likely N-dealkylation sites (N-methyl/N-ethyl adjacent to an activating group) is 1. The van der Waals surface area contributed by atoms with Gasteiger partial charge in [-0.15, -0.1) is 0 Å². The summed E-state index contributed by atoms with van der Waals surface area (Å²) in [6.45, 7) is 7.20. The normalized spacial score (nSPS) is 34.2. The van der Waals surface area contributed by atoms with Crippen LogP contribution in [-0.2, 0) is 0 Å².